The number of imidazole rings is 1. The van der Waals surface area contributed by atoms with E-state index >= 15 is 0 Å². The second kappa shape index (κ2) is 27.0. The number of rotatable bonds is 14. The van der Waals surface area contributed by atoms with Crippen LogP contribution in [0.2, 0.25) is 0 Å². The number of carbonyl (C=O) groups excluding carboxylic acids is 3. The Labute approximate surface area is 414 Å². The smallest absolute Gasteiger partial charge is 0.341 e. The third kappa shape index (κ3) is 13.9. The zero-order chi connectivity index (χ0) is 49.3. The Hall–Kier alpha value is -8.38. The SMILES string of the molecule is C.C.COC(=O)c1ccc(N)cc1OC.COC(=O)c1ccc(Nc2ccncc2)cc1OC.COCCn1c(=O)n(C2CCN(C(=O)c3ccc(Nc4ccncc4)cc3OC)CC2)c2ccccc21. The van der Waals surface area contributed by atoms with Gasteiger partial charge in [0.2, 0.25) is 0 Å². The first-order chi connectivity index (χ1) is 33.5. The largest absolute Gasteiger partial charge is 0.496 e. The van der Waals surface area contributed by atoms with Crippen LogP contribution in [0.3, 0.4) is 0 Å². The van der Waals surface area contributed by atoms with Gasteiger partial charge in [-0.1, -0.05) is 27.0 Å². The second-order valence-electron chi connectivity index (χ2n) is 15.3. The number of para-hydroxylation sites is 2. The Morgan fingerprint density at radius 3 is 1.56 bits per heavy atom. The molecule has 3 aromatic heterocycles. The van der Waals surface area contributed by atoms with Crippen LogP contribution < -0.4 is 36.3 Å². The molecule has 18 nitrogen and oxygen atoms in total. The molecule has 1 amide bonds. The zero-order valence-corrected chi connectivity index (χ0v) is 39.3. The summed E-state index contributed by atoms with van der Waals surface area (Å²) in [7, 11) is 8.85. The summed E-state index contributed by atoms with van der Waals surface area (Å²) in [4.78, 5) is 59.3. The maximum absolute atomic E-state index is 13.4. The molecule has 8 rings (SSSR count). The lowest BCUT2D eigenvalue weighted by molar-refractivity contribution is 0.0588. The monoisotopic (exact) mass is 972 g/mol. The Bertz CT molecular complexity index is 2880. The number of benzene rings is 4. The highest BCUT2D eigenvalue weighted by atomic mass is 16.5. The number of fused-ring (bicyclic) bond motifs is 1. The molecule has 0 unspecified atom stereocenters. The average molecular weight is 973 g/mol. The quantitative estimate of drug-likeness (QED) is 0.0685. The van der Waals surface area contributed by atoms with Crippen LogP contribution >= 0.6 is 0 Å². The van der Waals surface area contributed by atoms with Crippen LogP contribution in [-0.4, -0.2) is 104 Å². The number of nitrogens with zero attached hydrogens (tertiary/aromatic N) is 5. The summed E-state index contributed by atoms with van der Waals surface area (Å²) < 4.78 is 33.9. The number of carbonyl (C=O) groups is 3. The standard InChI is InChI=1S/C28H31N5O4.C14H14N2O3.C9H11NO3.2CH4/c1-36-18-17-32-24-5-3-4-6-25(24)33(28(32)35)22-11-15-31(16-12-22)27(34)23-8-7-21(19-26(23)37-2)30-20-9-13-29-14-10-20;1-18-13-9-11(3-4-12(13)14(17)19-2)16-10-5-7-15-8-6-10;1-12-8-5-6(10)3-4-7(8)9(11)13-2;;/h3-10,13-14,19,22H,11-12,15-18H2,1-2H3,(H,29,30);3-9H,1-2H3,(H,15,16);3-5H,10H2,1-2H3;2*1H4. The van der Waals surface area contributed by atoms with Gasteiger partial charge >= 0.3 is 17.6 Å². The average Bonchev–Trinajstić information content (AvgIpc) is 3.68. The molecule has 0 aliphatic carbocycles. The lowest BCUT2D eigenvalue weighted by atomic mass is 10.0. The number of hydrogen-bond donors (Lipinski definition) is 3. The summed E-state index contributed by atoms with van der Waals surface area (Å²) >= 11 is 0. The molecule has 71 heavy (non-hydrogen) atoms. The number of methoxy groups -OCH3 is 6. The van der Waals surface area contributed by atoms with Crippen LogP contribution in [0, 0.1) is 0 Å². The Kier molecular flexibility index (Phi) is 21.0. The predicted molar refractivity (Wildman–Crippen MR) is 277 cm³/mol. The number of piperidine rings is 1. The van der Waals surface area contributed by atoms with Crippen molar-refractivity contribution in [3.05, 3.63) is 155 Å². The maximum Gasteiger partial charge on any atom is 0.341 e. The number of esters is 2. The Balaban J connectivity index is 0.000000269. The molecule has 1 fully saturated rings. The van der Waals surface area contributed by atoms with Crippen LogP contribution in [0.15, 0.2) is 133 Å². The first kappa shape index (κ1) is 55.2. The van der Waals surface area contributed by atoms with Crippen molar-refractivity contribution in [3.8, 4) is 17.2 Å². The highest BCUT2D eigenvalue weighted by Gasteiger charge is 2.29. The zero-order valence-electron chi connectivity index (χ0n) is 39.3. The molecule has 376 valence electrons. The summed E-state index contributed by atoms with van der Waals surface area (Å²) in [6, 6.07) is 30.8. The van der Waals surface area contributed by atoms with Crippen molar-refractivity contribution in [1.29, 1.82) is 0 Å². The van der Waals surface area contributed by atoms with Crippen molar-refractivity contribution < 1.29 is 42.8 Å². The highest BCUT2D eigenvalue weighted by molar-refractivity contribution is 5.98. The summed E-state index contributed by atoms with van der Waals surface area (Å²) in [5.74, 6) is 0.478. The molecular weight excluding hydrogens is 909 g/mol. The molecule has 7 aromatic rings. The number of amides is 1. The molecule has 0 spiro atoms. The van der Waals surface area contributed by atoms with Crippen molar-refractivity contribution in [1.82, 2.24) is 24.0 Å². The molecule has 1 saturated heterocycles. The molecule has 18 heteroatoms. The van der Waals surface area contributed by atoms with Gasteiger partial charge in [0.25, 0.3) is 5.91 Å². The van der Waals surface area contributed by atoms with Gasteiger partial charge in [-0.2, -0.15) is 0 Å². The number of pyridine rings is 2. The number of nitrogens with two attached hydrogens (primary N) is 1. The summed E-state index contributed by atoms with van der Waals surface area (Å²) in [5.41, 5.74) is 12.6. The number of aromatic nitrogens is 4. The number of nitrogens with one attached hydrogen (secondary N) is 2. The van der Waals surface area contributed by atoms with Crippen molar-refractivity contribution in [2.45, 2.75) is 40.3 Å². The molecule has 0 radical (unpaired) electrons. The van der Waals surface area contributed by atoms with Crippen LogP contribution in [0.25, 0.3) is 11.0 Å². The molecule has 0 saturated carbocycles. The number of nitrogen functional groups attached to an aromatic ring is 1. The molecule has 1 aliphatic heterocycles. The minimum Gasteiger partial charge on any atom is -0.496 e. The van der Waals surface area contributed by atoms with E-state index in [0.717, 1.165) is 33.8 Å². The van der Waals surface area contributed by atoms with Crippen LogP contribution in [0.5, 0.6) is 17.2 Å². The third-order valence-electron chi connectivity index (χ3n) is 11.1. The fourth-order valence-corrected chi connectivity index (χ4v) is 7.66. The fraction of sp³-hybridized carbons (Fsp3) is 0.283. The first-order valence-corrected chi connectivity index (χ1v) is 21.8. The van der Waals surface area contributed by atoms with Gasteiger partial charge in [0, 0.05) is 97.7 Å². The van der Waals surface area contributed by atoms with Gasteiger partial charge in [0.05, 0.1) is 65.3 Å². The van der Waals surface area contributed by atoms with Crippen LogP contribution in [0.4, 0.5) is 28.4 Å². The van der Waals surface area contributed by atoms with E-state index in [4.69, 9.17) is 24.7 Å². The van der Waals surface area contributed by atoms with Crippen molar-refractivity contribution >= 4 is 57.3 Å². The number of anilines is 5. The van der Waals surface area contributed by atoms with Gasteiger partial charge in [-0.25, -0.2) is 14.4 Å². The van der Waals surface area contributed by atoms with E-state index in [-0.39, 0.29) is 32.5 Å². The van der Waals surface area contributed by atoms with E-state index in [0.29, 0.717) is 78.7 Å². The highest BCUT2D eigenvalue weighted by Crippen LogP contribution is 2.31. The lowest BCUT2D eigenvalue weighted by Crippen LogP contribution is -2.41. The number of likely N-dealkylation sites (tertiary alicyclic amines) is 1. The first-order valence-electron chi connectivity index (χ1n) is 21.8. The lowest BCUT2D eigenvalue weighted by Gasteiger charge is -2.33. The van der Waals surface area contributed by atoms with E-state index in [9.17, 15) is 19.2 Å². The molecule has 4 aromatic carbocycles. The predicted octanol–water partition coefficient (Wildman–Crippen LogP) is 9.03. The van der Waals surface area contributed by atoms with Crippen molar-refractivity contribution in [2.24, 2.45) is 0 Å². The summed E-state index contributed by atoms with van der Waals surface area (Å²) in [5, 5.41) is 6.49. The Morgan fingerprint density at radius 2 is 1.07 bits per heavy atom. The van der Waals surface area contributed by atoms with E-state index in [1.54, 1.807) is 86.0 Å². The molecule has 4 N–H and O–H groups in total. The summed E-state index contributed by atoms with van der Waals surface area (Å²) in [6.07, 6.45) is 8.23. The van der Waals surface area contributed by atoms with E-state index < -0.39 is 11.9 Å². The van der Waals surface area contributed by atoms with Gasteiger partial charge < -0.3 is 49.7 Å². The van der Waals surface area contributed by atoms with E-state index in [1.165, 1.54) is 28.4 Å². The number of ether oxygens (including phenoxy) is 6. The minimum atomic E-state index is -0.433. The molecule has 1 aliphatic rings. The third-order valence-corrected chi connectivity index (χ3v) is 11.1. The van der Waals surface area contributed by atoms with Gasteiger partial charge in [-0.3, -0.25) is 23.9 Å². The van der Waals surface area contributed by atoms with E-state index in [2.05, 4.69) is 30.1 Å². The second-order valence-corrected chi connectivity index (χ2v) is 15.3. The molecule has 0 bridgehead atoms. The fourth-order valence-electron chi connectivity index (χ4n) is 7.66. The van der Waals surface area contributed by atoms with Crippen molar-refractivity contribution in [2.75, 3.05) is 78.7 Å². The molecule has 4 heterocycles. The minimum absolute atomic E-state index is 0. The van der Waals surface area contributed by atoms with Gasteiger partial charge in [-0.15, -0.1) is 0 Å². The molecule has 0 atom stereocenters. The Morgan fingerprint density at radius 1 is 0.606 bits per heavy atom. The van der Waals surface area contributed by atoms with Gasteiger partial charge in [0.15, 0.2) is 0 Å². The molecular formula is C53H64N8O10. The number of hydrogen-bond acceptors (Lipinski definition) is 15. The van der Waals surface area contributed by atoms with Crippen LogP contribution in [0.1, 0.15) is 64.8 Å². The maximum atomic E-state index is 13.4. The van der Waals surface area contributed by atoms with Crippen molar-refractivity contribution in [3.63, 3.8) is 0 Å². The topological polar surface area (TPSA) is 213 Å². The normalized spacial score (nSPS) is 11.7. The van der Waals surface area contributed by atoms with E-state index in [1.807, 2.05) is 70.1 Å². The summed E-state index contributed by atoms with van der Waals surface area (Å²) in [6.45, 7) is 2.10. The van der Waals surface area contributed by atoms with Gasteiger partial charge in [-0.05, 0) is 85.6 Å². The van der Waals surface area contributed by atoms with Gasteiger partial charge in [0.1, 0.15) is 28.4 Å². The van der Waals surface area contributed by atoms with Crippen LogP contribution in [-0.2, 0) is 20.8 Å².